The summed E-state index contributed by atoms with van der Waals surface area (Å²) in [6.45, 7) is 4.82. The Morgan fingerprint density at radius 2 is 2.15 bits per heavy atom. The lowest BCUT2D eigenvalue weighted by molar-refractivity contribution is -0.385. The summed E-state index contributed by atoms with van der Waals surface area (Å²) in [7, 11) is 0. The van der Waals surface area contributed by atoms with Crippen LogP contribution >= 0.6 is 0 Å². The Bertz CT molecular complexity index is 793. The number of rotatable bonds is 3. The predicted molar refractivity (Wildman–Crippen MR) is 90.3 cm³/mol. The molecule has 1 aromatic carbocycles. The third-order valence-corrected chi connectivity index (χ3v) is 4.97. The van der Waals surface area contributed by atoms with Crippen molar-refractivity contribution in [3.05, 3.63) is 33.9 Å². The van der Waals surface area contributed by atoms with Crippen molar-refractivity contribution < 1.29 is 24.4 Å². The number of amides is 2. The molecule has 1 aromatic rings. The largest absolute Gasteiger partial charge is 0.482 e. The van der Waals surface area contributed by atoms with Gasteiger partial charge in [0.15, 0.2) is 5.60 Å². The number of fused-ring (bicyclic) bond motifs is 1. The smallest absolute Gasteiger partial charge is 0.273 e. The molecular formula is C17H21N3O6. The van der Waals surface area contributed by atoms with E-state index in [0.29, 0.717) is 24.9 Å². The molecule has 2 atom stereocenters. The van der Waals surface area contributed by atoms with Crippen molar-refractivity contribution in [2.45, 2.75) is 51.0 Å². The summed E-state index contributed by atoms with van der Waals surface area (Å²) >= 11 is 0. The molecule has 1 saturated heterocycles. The van der Waals surface area contributed by atoms with Gasteiger partial charge in [0, 0.05) is 31.5 Å². The van der Waals surface area contributed by atoms with E-state index < -0.39 is 28.2 Å². The molecule has 1 fully saturated rings. The molecule has 2 aliphatic rings. The van der Waals surface area contributed by atoms with E-state index in [0.717, 1.165) is 0 Å². The second kappa shape index (κ2) is 5.94. The Balaban J connectivity index is 2.21. The summed E-state index contributed by atoms with van der Waals surface area (Å²) in [5.74, 6) is -0.420. The van der Waals surface area contributed by atoms with Gasteiger partial charge in [-0.3, -0.25) is 19.7 Å². The maximum Gasteiger partial charge on any atom is 0.273 e. The van der Waals surface area contributed by atoms with Gasteiger partial charge in [-0.05, 0) is 26.3 Å². The van der Waals surface area contributed by atoms with Crippen molar-refractivity contribution in [2.24, 2.45) is 0 Å². The monoisotopic (exact) mass is 363 g/mol. The fraction of sp³-hybridized carbons (Fsp3) is 0.529. The molecule has 2 N–H and O–H groups in total. The average Bonchev–Trinajstić information content (AvgIpc) is 2.92. The van der Waals surface area contributed by atoms with Gasteiger partial charge in [-0.25, -0.2) is 0 Å². The number of hydrogen-bond donors (Lipinski definition) is 2. The third-order valence-electron chi connectivity index (χ3n) is 4.97. The Morgan fingerprint density at radius 3 is 2.69 bits per heavy atom. The van der Waals surface area contributed by atoms with Crippen LogP contribution in [-0.4, -0.2) is 44.6 Å². The number of non-ortho nitro benzene ring substituents is 1. The van der Waals surface area contributed by atoms with E-state index in [1.165, 1.54) is 30.0 Å². The number of likely N-dealkylation sites (tertiary alicyclic amines) is 1. The molecule has 0 bridgehead atoms. The van der Waals surface area contributed by atoms with E-state index in [4.69, 9.17) is 4.74 Å². The van der Waals surface area contributed by atoms with E-state index in [9.17, 15) is 24.8 Å². The number of nitrogens with zero attached hydrogens (tertiary/aromatic N) is 2. The lowest BCUT2D eigenvalue weighted by Crippen LogP contribution is -2.71. The van der Waals surface area contributed by atoms with E-state index >= 15 is 0 Å². The summed E-state index contributed by atoms with van der Waals surface area (Å²) < 4.78 is 5.84. The van der Waals surface area contributed by atoms with Crippen LogP contribution in [0.4, 0.5) is 5.69 Å². The number of ether oxygens (including phenoxy) is 1. The van der Waals surface area contributed by atoms with Gasteiger partial charge in [0.1, 0.15) is 11.8 Å². The van der Waals surface area contributed by atoms with Crippen molar-refractivity contribution in [3.63, 3.8) is 0 Å². The van der Waals surface area contributed by atoms with Crippen LogP contribution in [0.15, 0.2) is 18.2 Å². The molecule has 140 valence electrons. The molecule has 3 rings (SSSR count). The Hall–Kier alpha value is -2.68. The second-order valence-electron chi connectivity index (χ2n) is 7.13. The molecule has 0 aliphatic carbocycles. The SMILES string of the molecule is CC(=O)N[C@]1(O)[C@@H](N2CCCC2=O)c2ccc([N+](=O)[O-])cc2OC1(C)C. The number of nitro groups is 1. The molecule has 0 radical (unpaired) electrons. The average molecular weight is 363 g/mol. The van der Waals surface area contributed by atoms with Gasteiger partial charge in [-0.1, -0.05) is 0 Å². The van der Waals surface area contributed by atoms with Gasteiger partial charge in [0.2, 0.25) is 17.5 Å². The minimum Gasteiger partial charge on any atom is -0.482 e. The first kappa shape index (κ1) is 18.1. The van der Waals surface area contributed by atoms with Crippen LogP contribution in [0.5, 0.6) is 5.75 Å². The maximum atomic E-state index is 12.4. The minimum absolute atomic E-state index is 0.152. The second-order valence-corrected chi connectivity index (χ2v) is 7.13. The van der Waals surface area contributed by atoms with Crippen LogP contribution < -0.4 is 10.1 Å². The van der Waals surface area contributed by atoms with E-state index in [-0.39, 0.29) is 17.3 Å². The fourth-order valence-electron chi connectivity index (χ4n) is 3.68. The van der Waals surface area contributed by atoms with E-state index in [1.807, 2.05) is 0 Å². The van der Waals surface area contributed by atoms with Crippen molar-refractivity contribution in [2.75, 3.05) is 6.54 Å². The van der Waals surface area contributed by atoms with Crippen LogP contribution in [0.2, 0.25) is 0 Å². The van der Waals surface area contributed by atoms with Crippen molar-refractivity contribution in [1.82, 2.24) is 10.2 Å². The van der Waals surface area contributed by atoms with E-state index in [1.54, 1.807) is 13.8 Å². The Labute approximate surface area is 150 Å². The molecule has 2 amide bonds. The van der Waals surface area contributed by atoms with Crippen LogP contribution in [0, 0.1) is 10.1 Å². The van der Waals surface area contributed by atoms with E-state index in [2.05, 4.69) is 5.32 Å². The first-order chi connectivity index (χ1) is 12.1. The van der Waals surface area contributed by atoms with Crippen molar-refractivity contribution in [3.8, 4) is 5.75 Å². The lowest BCUT2D eigenvalue weighted by atomic mass is 9.79. The fourth-order valence-corrected chi connectivity index (χ4v) is 3.68. The third kappa shape index (κ3) is 2.68. The molecule has 2 aliphatic heterocycles. The number of hydrogen-bond acceptors (Lipinski definition) is 6. The minimum atomic E-state index is -1.90. The zero-order chi connectivity index (χ0) is 19.3. The lowest BCUT2D eigenvalue weighted by Gasteiger charge is -2.53. The van der Waals surface area contributed by atoms with Gasteiger partial charge >= 0.3 is 0 Å². The molecule has 0 aromatic heterocycles. The summed E-state index contributed by atoms with van der Waals surface area (Å²) in [5, 5.41) is 25.1. The molecule has 0 saturated carbocycles. The highest BCUT2D eigenvalue weighted by Gasteiger charge is 2.60. The number of nitrogens with one attached hydrogen (secondary N) is 1. The normalized spacial score (nSPS) is 26.8. The van der Waals surface area contributed by atoms with Gasteiger partial charge in [-0.2, -0.15) is 0 Å². The van der Waals surface area contributed by atoms with Gasteiger partial charge in [0.25, 0.3) is 5.69 Å². The van der Waals surface area contributed by atoms with Crippen LogP contribution in [0.3, 0.4) is 0 Å². The van der Waals surface area contributed by atoms with Crippen molar-refractivity contribution in [1.29, 1.82) is 0 Å². The number of nitro benzene ring substituents is 1. The topological polar surface area (TPSA) is 122 Å². The standard InChI is InChI=1S/C17H21N3O6/c1-10(21)18-17(23)15(19-8-4-5-14(19)22)12-7-6-11(20(24)25)9-13(12)26-16(17,2)3/h6-7,9,15,23H,4-5,8H2,1-3H3,(H,18,21)/t15-,17-/m0/s1. The zero-order valence-electron chi connectivity index (χ0n) is 14.8. The quantitative estimate of drug-likeness (QED) is 0.473. The molecule has 9 heteroatoms. The summed E-state index contributed by atoms with van der Waals surface area (Å²) in [5.41, 5.74) is -2.98. The number of benzene rings is 1. The summed E-state index contributed by atoms with van der Waals surface area (Å²) in [6.07, 6.45) is 0.978. The highest BCUT2D eigenvalue weighted by molar-refractivity contribution is 5.80. The molecular weight excluding hydrogens is 342 g/mol. The molecule has 26 heavy (non-hydrogen) atoms. The van der Waals surface area contributed by atoms with Crippen LogP contribution in [0.1, 0.15) is 45.2 Å². The highest BCUT2D eigenvalue weighted by Crippen LogP contribution is 2.49. The molecule has 0 spiro atoms. The molecule has 0 unspecified atom stereocenters. The first-order valence-corrected chi connectivity index (χ1v) is 8.35. The molecule has 2 heterocycles. The zero-order valence-corrected chi connectivity index (χ0v) is 14.8. The van der Waals surface area contributed by atoms with Gasteiger partial charge in [0.05, 0.1) is 11.0 Å². The predicted octanol–water partition coefficient (Wildman–Crippen LogP) is 1.25. The molecule has 9 nitrogen and oxygen atoms in total. The Kier molecular flexibility index (Phi) is 4.14. The number of carbonyl (C=O) groups is 2. The van der Waals surface area contributed by atoms with Crippen LogP contribution in [-0.2, 0) is 9.59 Å². The summed E-state index contributed by atoms with van der Waals surface area (Å²) in [6, 6.07) is 3.12. The maximum absolute atomic E-state index is 12.4. The van der Waals surface area contributed by atoms with Crippen LogP contribution in [0.25, 0.3) is 0 Å². The number of aliphatic hydroxyl groups is 1. The van der Waals surface area contributed by atoms with Crippen molar-refractivity contribution >= 4 is 17.5 Å². The van der Waals surface area contributed by atoms with Gasteiger partial charge < -0.3 is 20.1 Å². The first-order valence-electron chi connectivity index (χ1n) is 8.35. The number of carbonyl (C=O) groups excluding carboxylic acids is 2. The Morgan fingerprint density at radius 1 is 1.46 bits per heavy atom. The summed E-state index contributed by atoms with van der Waals surface area (Å²) in [4.78, 5) is 36.2. The highest BCUT2D eigenvalue weighted by atomic mass is 16.6. The van der Waals surface area contributed by atoms with Gasteiger partial charge in [-0.15, -0.1) is 0 Å².